The first-order chi connectivity index (χ1) is 12.0. The fourth-order valence-electron chi connectivity index (χ4n) is 2.54. The van der Waals surface area contributed by atoms with Crippen LogP contribution in [0, 0.1) is 0 Å². The van der Waals surface area contributed by atoms with E-state index < -0.39 is 10.0 Å². The third-order valence-corrected chi connectivity index (χ3v) is 5.24. The molecule has 0 fully saturated rings. The molecule has 6 nitrogen and oxygen atoms in total. The highest BCUT2D eigenvalue weighted by molar-refractivity contribution is 7.89. The molecule has 0 radical (unpaired) electrons. The Labute approximate surface area is 147 Å². The molecule has 0 saturated carbocycles. The van der Waals surface area contributed by atoms with Crippen molar-refractivity contribution < 1.29 is 8.42 Å². The van der Waals surface area contributed by atoms with E-state index in [2.05, 4.69) is 14.8 Å². The van der Waals surface area contributed by atoms with Crippen molar-refractivity contribution >= 4 is 10.0 Å². The molecule has 7 heteroatoms. The van der Waals surface area contributed by atoms with Gasteiger partial charge in [0.1, 0.15) is 0 Å². The van der Waals surface area contributed by atoms with E-state index >= 15 is 0 Å². The van der Waals surface area contributed by atoms with Crippen molar-refractivity contribution in [2.45, 2.75) is 13.0 Å². The first-order valence-electron chi connectivity index (χ1n) is 7.97. The molecule has 0 atom stereocenters. The maximum atomic E-state index is 12.2. The average Bonchev–Trinajstić information content (AvgIpc) is 3.06. The second-order valence-corrected chi connectivity index (χ2v) is 7.72. The van der Waals surface area contributed by atoms with Gasteiger partial charge in [-0.05, 0) is 29.7 Å². The van der Waals surface area contributed by atoms with Gasteiger partial charge in [0.2, 0.25) is 10.0 Å². The molecule has 0 aliphatic heterocycles. The Morgan fingerprint density at radius 2 is 1.88 bits per heavy atom. The molecule has 0 aliphatic rings. The van der Waals surface area contributed by atoms with Gasteiger partial charge in [-0.3, -0.25) is 9.67 Å². The number of rotatable bonds is 7. The molecule has 0 aliphatic carbocycles. The van der Waals surface area contributed by atoms with Crippen LogP contribution >= 0.6 is 0 Å². The lowest BCUT2D eigenvalue weighted by Crippen LogP contribution is -2.27. The molecule has 3 rings (SSSR count). The summed E-state index contributed by atoms with van der Waals surface area (Å²) in [5.41, 5.74) is 3.65. The van der Waals surface area contributed by atoms with Gasteiger partial charge in [0, 0.05) is 37.7 Å². The Kier molecular flexibility index (Phi) is 5.25. The van der Waals surface area contributed by atoms with E-state index in [-0.39, 0.29) is 12.3 Å². The van der Waals surface area contributed by atoms with Crippen LogP contribution in [0.1, 0.15) is 11.1 Å². The molecule has 2 heterocycles. The van der Waals surface area contributed by atoms with Crippen LogP contribution in [0.5, 0.6) is 0 Å². The minimum Gasteiger partial charge on any atom is -0.268 e. The van der Waals surface area contributed by atoms with Gasteiger partial charge in [-0.25, -0.2) is 13.1 Å². The van der Waals surface area contributed by atoms with E-state index in [0.29, 0.717) is 6.42 Å². The first-order valence-corrected chi connectivity index (χ1v) is 9.62. The number of hydrogen-bond donors (Lipinski definition) is 1. The van der Waals surface area contributed by atoms with Crippen molar-refractivity contribution in [2.24, 2.45) is 7.05 Å². The molecule has 0 saturated heterocycles. The molecule has 1 aromatic carbocycles. The Hall–Kier alpha value is -2.51. The quantitative estimate of drug-likeness (QED) is 0.704. The standard InChI is InChI=1S/C18H20N4O2S/c1-22-18(7-9-20-22)17-11-16(12-19-14-17)13-21-25(23,24)10-8-15-5-3-2-4-6-15/h2-7,9,11-12,14,21H,8,10,13H2,1H3. The number of aryl methyl sites for hydroxylation is 2. The predicted molar refractivity (Wildman–Crippen MR) is 97.2 cm³/mol. The summed E-state index contributed by atoms with van der Waals surface area (Å²) in [4.78, 5) is 4.20. The van der Waals surface area contributed by atoms with Crippen molar-refractivity contribution in [3.05, 3.63) is 72.2 Å². The zero-order valence-corrected chi connectivity index (χ0v) is 14.8. The molecule has 0 unspecified atom stereocenters. The number of nitrogens with zero attached hydrogens (tertiary/aromatic N) is 3. The molecule has 130 valence electrons. The van der Waals surface area contributed by atoms with Crippen molar-refractivity contribution in [3.8, 4) is 11.3 Å². The number of pyridine rings is 1. The first kappa shape index (κ1) is 17.3. The van der Waals surface area contributed by atoms with Crippen LogP contribution in [0.2, 0.25) is 0 Å². The molecule has 2 aromatic heterocycles. The SMILES string of the molecule is Cn1nccc1-c1cncc(CNS(=O)(=O)CCc2ccccc2)c1. The second-order valence-electron chi connectivity index (χ2n) is 5.80. The minimum atomic E-state index is -3.35. The Bertz CT molecular complexity index is 936. The summed E-state index contributed by atoms with van der Waals surface area (Å²) in [6, 6.07) is 13.4. The van der Waals surface area contributed by atoms with E-state index in [1.54, 1.807) is 23.3 Å². The van der Waals surface area contributed by atoms with E-state index in [1.807, 2.05) is 49.5 Å². The maximum Gasteiger partial charge on any atom is 0.212 e. The molecule has 0 bridgehead atoms. The van der Waals surface area contributed by atoms with Gasteiger partial charge in [-0.1, -0.05) is 30.3 Å². The minimum absolute atomic E-state index is 0.0614. The maximum absolute atomic E-state index is 12.2. The lowest BCUT2D eigenvalue weighted by atomic mass is 10.1. The average molecular weight is 356 g/mol. The van der Waals surface area contributed by atoms with Gasteiger partial charge < -0.3 is 0 Å². The number of hydrogen-bond acceptors (Lipinski definition) is 4. The van der Waals surface area contributed by atoms with Crippen LogP contribution in [-0.2, 0) is 30.0 Å². The van der Waals surface area contributed by atoms with Gasteiger partial charge in [0.05, 0.1) is 11.4 Å². The largest absolute Gasteiger partial charge is 0.268 e. The fourth-order valence-corrected chi connectivity index (χ4v) is 3.58. The zero-order chi connectivity index (χ0) is 17.7. The third-order valence-electron chi connectivity index (χ3n) is 3.91. The Morgan fingerprint density at radius 1 is 1.08 bits per heavy atom. The molecule has 3 aromatic rings. The number of nitrogens with one attached hydrogen (secondary N) is 1. The van der Waals surface area contributed by atoms with Crippen LogP contribution in [-0.4, -0.2) is 28.9 Å². The van der Waals surface area contributed by atoms with Crippen molar-refractivity contribution in [1.29, 1.82) is 0 Å². The summed E-state index contributed by atoms with van der Waals surface area (Å²) in [7, 11) is -1.49. The van der Waals surface area contributed by atoms with Crippen molar-refractivity contribution in [3.63, 3.8) is 0 Å². The summed E-state index contributed by atoms with van der Waals surface area (Å²) < 4.78 is 28.8. The zero-order valence-electron chi connectivity index (χ0n) is 14.0. The van der Waals surface area contributed by atoms with E-state index in [4.69, 9.17) is 0 Å². The molecule has 0 amide bonds. The van der Waals surface area contributed by atoms with Gasteiger partial charge in [0.25, 0.3) is 0 Å². The highest BCUT2D eigenvalue weighted by atomic mass is 32.2. The number of sulfonamides is 1. The van der Waals surface area contributed by atoms with Crippen molar-refractivity contribution in [1.82, 2.24) is 19.5 Å². The monoisotopic (exact) mass is 356 g/mol. The fraction of sp³-hybridized carbons (Fsp3) is 0.222. The summed E-state index contributed by atoms with van der Waals surface area (Å²) in [5, 5.41) is 4.14. The highest BCUT2D eigenvalue weighted by Gasteiger charge is 2.11. The van der Waals surface area contributed by atoms with E-state index in [9.17, 15) is 8.42 Å². The highest BCUT2D eigenvalue weighted by Crippen LogP contribution is 2.18. The van der Waals surface area contributed by atoms with Gasteiger partial charge in [0.15, 0.2) is 0 Å². The Balaban J connectivity index is 1.62. The lowest BCUT2D eigenvalue weighted by molar-refractivity contribution is 0.580. The number of benzene rings is 1. The Morgan fingerprint density at radius 3 is 2.60 bits per heavy atom. The summed E-state index contributed by atoms with van der Waals surface area (Å²) in [6.07, 6.45) is 5.61. The van der Waals surface area contributed by atoms with E-state index in [0.717, 1.165) is 22.4 Å². The van der Waals surface area contributed by atoms with Crippen LogP contribution in [0.4, 0.5) is 0 Å². The van der Waals surface area contributed by atoms with Gasteiger partial charge in [-0.15, -0.1) is 0 Å². The van der Waals surface area contributed by atoms with Crippen LogP contribution < -0.4 is 4.72 Å². The van der Waals surface area contributed by atoms with Crippen LogP contribution in [0.15, 0.2) is 61.1 Å². The molecule has 25 heavy (non-hydrogen) atoms. The van der Waals surface area contributed by atoms with Gasteiger partial charge in [-0.2, -0.15) is 5.10 Å². The van der Waals surface area contributed by atoms with Crippen LogP contribution in [0.25, 0.3) is 11.3 Å². The molecular weight excluding hydrogens is 336 g/mol. The molecular formula is C18H20N4O2S. The normalized spacial score (nSPS) is 11.6. The molecule has 0 spiro atoms. The van der Waals surface area contributed by atoms with Gasteiger partial charge >= 0.3 is 0 Å². The smallest absolute Gasteiger partial charge is 0.212 e. The van der Waals surface area contributed by atoms with Crippen LogP contribution in [0.3, 0.4) is 0 Å². The second kappa shape index (κ2) is 7.58. The lowest BCUT2D eigenvalue weighted by Gasteiger charge is -2.08. The summed E-state index contributed by atoms with van der Waals surface area (Å²) in [5.74, 6) is 0.0614. The predicted octanol–water partition coefficient (Wildman–Crippen LogP) is 2.14. The summed E-state index contributed by atoms with van der Waals surface area (Å²) >= 11 is 0. The topological polar surface area (TPSA) is 76.9 Å². The van der Waals surface area contributed by atoms with Crippen molar-refractivity contribution in [2.75, 3.05) is 5.75 Å². The third kappa shape index (κ3) is 4.74. The molecule has 1 N–H and O–H groups in total. The number of aromatic nitrogens is 3. The van der Waals surface area contributed by atoms with E-state index in [1.165, 1.54) is 0 Å². The summed E-state index contributed by atoms with van der Waals surface area (Å²) in [6.45, 7) is 0.218.